The average molecular weight is 368 g/mol. The minimum Gasteiger partial charge on any atom is -0.303 e. The smallest absolute Gasteiger partial charge is 0.303 e. The summed E-state index contributed by atoms with van der Waals surface area (Å²) in [5.74, 6) is 0.893. The van der Waals surface area contributed by atoms with Crippen LogP contribution in [0.25, 0.3) is 11.2 Å². The number of anilines is 1. The highest BCUT2D eigenvalue weighted by Crippen LogP contribution is 2.17. The topological polar surface area (TPSA) is 97.1 Å². The lowest BCUT2D eigenvalue weighted by atomic mass is 10.1. The van der Waals surface area contributed by atoms with Crippen LogP contribution >= 0.6 is 0 Å². The van der Waals surface area contributed by atoms with Gasteiger partial charge in [0.05, 0.1) is 5.71 Å². The van der Waals surface area contributed by atoms with Gasteiger partial charge in [-0.25, -0.2) is 10.2 Å². The van der Waals surface area contributed by atoms with E-state index in [0.717, 1.165) is 17.7 Å². The fraction of sp³-hybridized carbons (Fsp3) is 0.368. The summed E-state index contributed by atoms with van der Waals surface area (Å²) in [5, 5.41) is 4.41. The lowest BCUT2D eigenvalue weighted by molar-refractivity contribution is 0.524. The molecule has 2 N–H and O–H groups in total. The minimum absolute atomic E-state index is 0.336. The molecule has 142 valence electrons. The lowest BCUT2D eigenvalue weighted by Gasteiger charge is -2.10. The third-order valence-electron chi connectivity index (χ3n) is 4.45. The summed E-state index contributed by atoms with van der Waals surface area (Å²) in [5.41, 5.74) is 4.52. The molecule has 0 amide bonds. The van der Waals surface area contributed by atoms with Crippen LogP contribution in [0.5, 0.6) is 0 Å². The van der Waals surface area contributed by atoms with Crippen molar-refractivity contribution >= 4 is 22.8 Å². The molecule has 0 saturated carbocycles. The number of aryl methyl sites for hydroxylation is 2. The third kappa shape index (κ3) is 3.84. The molecule has 8 nitrogen and oxygen atoms in total. The van der Waals surface area contributed by atoms with E-state index in [1.54, 1.807) is 11.6 Å². The highest BCUT2D eigenvalue weighted by molar-refractivity contribution is 5.99. The summed E-state index contributed by atoms with van der Waals surface area (Å²) in [4.78, 5) is 31.1. The van der Waals surface area contributed by atoms with Crippen LogP contribution in [0.4, 0.5) is 5.95 Å². The zero-order valence-electron chi connectivity index (χ0n) is 16.0. The van der Waals surface area contributed by atoms with Gasteiger partial charge >= 0.3 is 5.69 Å². The van der Waals surface area contributed by atoms with Gasteiger partial charge in [-0.1, -0.05) is 44.2 Å². The highest BCUT2D eigenvalue weighted by atomic mass is 16.2. The monoisotopic (exact) mass is 368 g/mol. The zero-order valence-corrected chi connectivity index (χ0v) is 16.0. The Morgan fingerprint density at radius 3 is 2.63 bits per heavy atom. The molecule has 2 aromatic heterocycles. The van der Waals surface area contributed by atoms with Crippen molar-refractivity contribution in [3.8, 4) is 0 Å². The Morgan fingerprint density at radius 1 is 1.26 bits per heavy atom. The van der Waals surface area contributed by atoms with Gasteiger partial charge in [-0.2, -0.15) is 10.1 Å². The number of fused-ring (bicyclic) bond motifs is 1. The number of nitrogens with one attached hydrogen (secondary N) is 2. The summed E-state index contributed by atoms with van der Waals surface area (Å²) < 4.78 is 3.12. The van der Waals surface area contributed by atoms with Crippen molar-refractivity contribution in [1.82, 2.24) is 19.1 Å². The first kappa shape index (κ1) is 18.6. The number of imidazole rings is 1. The Labute approximate surface area is 156 Å². The van der Waals surface area contributed by atoms with Gasteiger partial charge in [-0.15, -0.1) is 0 Å². The van der Waals surface area contributed by atoms with Gasteiger partial charge in [-0.3, -0.25) is 14.3 Å². The first-order valence-electron chi connectivity index (χ1n) is 8.93. The van der Waals surface area contributed by atoms with Gasteiger partial charge in [0.1, 0.15) is 0 Å². The number of benzene rings is 1. The van der Waals surface area contributed by atoms with Crippen LogP contribution in [0.2, 0.25) is 0 Å². The third-order valence-corrected chi connectivity index (χ3v) is 4.45. The van der Waals surface area contributed by atoms with Crippen molar-refractivity contribution in [3.05, 3.63) is 56.7 Å². The van der Waals surface area contributed by atoms with Crippen LogP contribution in [0.3, 0.4) is 0 Å². The SMILES string of the molecule is C/C(=N/Nc1nc2c(c(=O)[nH]c(=O)n2C)n1CCC(C)C)c1ccccc1. The second kappa shape index (κ2) is 7.61. The van der Waals surface area contributed by atoms with Crippen molar-refractivity contribution in [2.75, 3.05) is 5.43 Å². The second-order valence-corrected chi connectivity index (χ2v) is 6.94. The first-order valence-corrected chi connectivity index (χ1v) is 8.93. The molecule has 0 radical (unpaired) electrons. The van der Waals surface area contributed by atoms with Gasteiger partial charge in [0.15, 0.2) is 11.2 Å². The molecule has 3 aromatic rings. The Hall–Kier alpha value is -3.16. The van der Waals surface area contributed by atoms with Gasteiger partial charge in [0.2, 0.25) is 5.95 Å². The molecule has 0 aliphatic rings. The van der Waals surface area contributed by atoms with Crippen molar-refractivity contribution in [1.29, 1.82) is 0 Å². The quantitative estimate of drug-likeness (QED) is 0.515. The maximum Gasteiger partial charge on any atom is 0.329 e. The van der Waals surface area contributed by atoms with Crippen molar-refractivity contribution < 1.29 is 0 Å². The number of aromatic nitrogens is 4. The Balaban J connectivity index is 2.07. The molecule has 0 saturated heterocycles. The van der Waals surface area contributed by atoms with Gasteiger partial charge in [0.25, 0.3) is 5.56 Å². The largest absolute Gasteiger partial charge is 0.329 e. The molecule has 0 fully saturated rings. The maximum absolute atomic E-state index is 12.4. The molecular weight excluding hydrogens is 344 g/mol. The predicted octanol–water partition coefficient (Wildman–Crippen LogP) is 2.31. The molecule has 27 heavy (non-hydrogen) atoms. The predicted molar refractivity (Wildman–Crippen MR) is 107 cm³/mol. The summed E-state index contributed by atoms with van der Waals surface area (Å²) >= 11 is 0. The normalized spacial score (nSPS) is 12.1. The fourth-order valence-corrected chi connectivity index (χ4v) is 2.80. The number of H-pyrrole nitrogens is 1. The van der Waals surface area contributed by atoms with E-state index in [0.29, 0.717) is 29.6 Å². The molecular formula is C19H24N6O2. The van der Waals surface area contributed by atoms with Crippen LogP contribution in [0.1, 0.15) is 32.8 Å². The number of hydrogen-bond donors (Lipinski definition) is 2. The molecule has 8 heteroatoms. The molecule has 3 rings (SSSR count). The summed E-state index contributed by atoms with van der Waals surface area (Å²) in [6.45, 7) is 6.72. The van der Waals surface area contributed by atoms with Crippen LogP contribution < -0.4 is 16.7 Å². The van der Waals surface area contributed by atoms with Gasteiger partial charge in [0, 0.05) is 13.6 Å². The van der Waals surface area contributed by atoms with E-state index in [2.05, 4.69) is 34.3 Å². The standard InChI is InChI=1S/C19H24N6O2/c1-12(2)10-11-25-15-16(24(4)19(27)21-17(15)26)20-18(25)23-22-13(3)14-8-6-5-7-9-14/h5-9,12H,10-11H2,1-4H3,(H,20,23)(H,21,26,27)/b22-13-. The van der Waals surface area contributed by atoms with Gasteiger partial charge < -0.3 is 4.57 Å². The van der Waals surface area contributed by atoms with E-state index in [9.17, 15) is 9.59 Å². The van der Waals surface area contributed by atoms with Crippen molar-refractivity contribution in [2.24, 2.45) is 18.1 Å². The fourth-order valence-electron chi connectivity index (χ4n) is 2.80. The molecule has 2 heterocycles. The van der Waals surface area contributed by atoms with E-state index >= 15 is 0 Å². The van der Waals surface area contributed by atoms with Gasteiger partial charge in [-0.05, 0) is 24.8 Å². The molecule has 0 bridgehead atoms. The summed E-state index contributed by atoms with van der Waals surface area (Å²) in [6, 6.07) is 9.78. The number of aromatic amines is 1. The number of hydrazone groups is 1. The first-order chi connectivity index (χ1) is 12.9. The van der Waals surface area contributed by atoms with Crippen LogP contribution in [-0.2, 0) is 13.6 Å². The maximum atomic E-state index is 12.4. The second-order valence-electron chi connectivity index (χ2n) is 6.94. The summed E-state index contributed by atoms with van der Waals surface area (Å²) in [6.07, 6.45) is 0.865. The number of nitrogens with zero attached hydrogens (tertiary/aromatic N) is 4. The zero-order chi connectivity index (χ0) is 19.6. The van der Waals surface area contributed by atoms with E-state index in [4.69, 9.17) is 0 Å². The molecule has 0 unspecified atom stereocenters. The lowest BCUT2D eigenvalue weighted by Crippen LogP contribution is -2.29. The number of hydrogen-bond acceptors (Lipinski definition) is 5. The Morgan fingerprint density at radius 2 is 1.96 bits per heavy atom. The van der Waals surface area contributed by atoms with E-state index < -0.39 is 11.2 Å². The summed E-state index contributed by atoms with van der Waals surface area (Å²) in [7, 11) is 1.59. The average Bonchev–Trinajstić information content (AvgIpc) is 3.02. The van der Waals surface area contributed by atoms with E-state index in [1.807, 2.05) is 37.3 Å². The van der Waals surface area contributed by atoms with E-state index in [1.165, 1.54) is 4.57 Å². The molecule has 0 atom stereocenters. The molecule has 0 spiro atoms. The van der Waals surface area contributed by atoms with Crippen LogP contribution in [-0.4, -0.2) is 24.8 Å². The van der Waals surface area contributed by atoms with Crippen LogP contribution in [0.15, 0.2) is 45.0 Å². The van der Waals surface area contributed by atoms with E-state index in [-0.39, 0.29) is 0 Å². The molecule has 1 aromatic carbocycles. The molecule has 0 aliphatic carbocycles. The van der Waals surface area contributed by atoms with Crippen LogP contribution in [0, 0.1) is 5.92 Å². The Kier molecular flexibility index (Phi) is 5.25. The minimum atomic E-state index is -0.489. The number of rotatable bonds is 6. The Bertz CT molecular complexity index is 1090. The van der Waals surface area contributed by atoms with Crippen molar-refractivity contribution in [2.45, 2.75) is 33.7 Å². The van der Waals surface area contributed by atoms with Crippen molar-refractivity contribution in [3.63, 3.8) is 0 Å². The highest BCUT2D eigenvalue weighted by Gasteiger charge is 2.17. The molecule has 0 aliphatic heterocycles.